The third-order valence-electron chi connectivity index (χ3n) is 2.10. The number of aromatic nitrogens is 2. The van der Waals surface area contributed by atoms with Crippen LogP contribution in [0, 0.1) is 10.1 Å². The first-order valence-electron chi connectivity index (χ1n) is 4.95. The molecule has 2 heterocycles. The van der Waals surface area contributed by atoms with Crippen LogP contribution in [0.4, 0.5) is 11.6 Å². The van der Waals surface area contributed by atoms with Crippen LogP contribution in [0.3, 0.4) is 0 Å². The molecule has 0 aliphatic rings. The highest BCUT2D eigenvalue weighted by atomic mass is 32.1. The van der Waals surface area contributed by atoms with Crippen molar-refractivity contribution in [2.75, 3.05) is 11.9 Å². The van der Waals surface area contributed by atoms with Gasteiger partial charge in [0, 0.05) is 11.9 Å². The van der Waals surface area contributed by atoms with E-state index in [0.29, 0.717) is 4.96 Å². The molecular formula is C9H12N4O3S. The van der Waals surface area contributed by atoms with Gasteiger partial charge in [-0.25, -0.2) is 0 Å². The van der Waals surface area contributed by atoms with Gasteiger partial charge >= 0.3 is 5.82 Å². The zero-order chi connectivity index (χ0) is 12.6. The molecule has 0 saturated carbocycles. The molecule has 0 spiro atoms. The standard InChI is InChI=1S/C9H12N4O3S/c1-9(2,14)5-10-6-7(13(15)16)12-3-4-17-8(12)11-6/h3-4,10,14H,5H2,1-2H3. The molecule has 2 rings (SSSR count). The Hall–Kier alpha value is -1.67. The van der Waals surface area contributed by atoms with Gasteiger partial charge in [0.2, 0.25) is 5.82 Å². The lowest BCUT2D eigenvalue weighted by molar-refractivity contribution is -0.389. The first-order chi connectivity index (χ1) is 7.88. The van der Waals surface area contributed by atoms with Gasteiger partial charge in [0.25, 0.3) is 4.96 Å². The Balaban J connectivity index is 2.36. The Bertz CT molecular complexity index is 554. The predicted octanol–water partition coefficient (Wildman–Crippen LogP) is 1.49. The number of thiazole rings is 1. The van der Waals surface area contributed by atoms with Gasteiger partial charge in [-0.1, -0.05) is 11.3 Å². The lowest BCUT2D eigenvalue weighted by Gasteiger charge is -2.16. The number of rotatable bonds is 4. The van der Waals surface area contributed by atoms with Crippen molar-refractivity contribution in [3.8, 4) is 0 Å². The minimum Gasteiger partial charge on any atom is -0.389 e. The largest absolute Gasteiger partial charge is 0.389 e. The molecule has 8 heteroatoms. The lowest BCUT2D eigenvalue weighted by Crippen LogP contribution is -2.29. The fourth-order valence-corrected chi connectivity index (χ4v) is 2.08. The quantitative estimate of drug-likeness (QED) is 0.638. The molecule has 2 aromatic heterocycles. The molecule has 0 saturated heterocycles. The van der Waals surface area contributed by atoms with Gasteiger partial charge in [-0.2, -0.15) is 9.38 Å². The number of nitrogens with one attached hydrogen (secondary N) is 1. The first kappa shape index (κ1) is 11.8. The van der Waals surface area contributed by atoms with Crippen LogP contribution in [-0.2, 0) is 0 Å². The second-order valence-corrected chi connectivity index (χ2v) is 5.14. The molecule has 0 fully saturated rings. The predicted molar refractivity (Wildman–Crippen MR) is 64.5 cm³/mol. The Morgan fingerprint density at radius 1 is 1.71 bits per heavy atom. The van der Waals surface area contributed by atoms with Crippen LogP contribution in [0.1, 0.15) is 13.8 Å². The molecule has 0 atom stereocenters. The van der Waals surface area contributed by atoms with Crippen LogP contribution in [0.2, 0.25) is 0 Å². The molecule has 0 aromatic carbocycles. The van der Waals surface area contributed by atoms with Crippen LogP contribution in [-0.4, -0.2) is 31.6 Å². The van der Waals surface area contributed by atoms with E-state index in [1.54, 1.807) is 25.4 Å². The maximum atomic E-state index is 11.0. The molecule has 17 heavy (non-hydrogen) atoms. The fourth-order valence-electron chi connectivity index (χ4n) is 1.37. The van der Waals surface area contributed by atoms with Crippen LogP contribution in [0.5, 0.6) is 0 Å². The van der Waals surface area contributed by atoms with Crippen molar-refractivity contribution >= 4 is 27.9 Å². The third-order valence-corrected chi connectivity index (χ3v) is 2.85. The summed E-state index contributed by atoms with van der Waals surface area (Å²) in [6, 6.07) is 0. The maximum Gasteiger partial charge on any atom is 0.372 e. The number of hydrogen-bond acceptors (Lipinski definition) is 6. The summed E-state index contributed by atoms with van der Waals surface area (Å²) in [6.07, 6.45) is 1.60. The fraction of sp³-hybridized carbons (Fsp3) is 0.444. The van der Waals surface area contributed by atoms with Crippen molar-refractivity contribution < 1.29 is 10.0 Å². The highest BCUT2D eigenvalue weighted by Gasteiger charge is 2.24. The zero-order valence-corrected chi connectivity index (χ0v) is 10.2. The minimum absolute atomic E-state index is 0.106. The molecule has 0 aliphatic carbocycles. The molecule has 0 aliphatic heterocycles. The smallest absolute Gasteiger partial charge is 0.372 e. The van der Waals surface area contributed by atoms with E-state index >= 15 is 0 Å². The maximum absolute atomic E-state index is 11.0. The van der Waals surface area contributed by atoms with Crippen molar-refractivity contribution in [3.63, 3.8) is 0 Å². The van der Waals surface area contributed by atoms with E-state index in [9.17, 15) is 15.2 Å². The second kappa shape index (κ2) is 3.97. The van der Waals surface area contributed by atoms with E-state index in [1.807, 2.05) is 0 Å². The van der Waals surface area contributed by atoms with Crippen molar-refractivity contribution in [2.24, 2.45) is 0 Å². The van der Waals surface area contributed by atoms with E-state index in [4.69, 9.17) is 0 Å². The average molecular weight is 256 g/mol. The van der Waals surface area contributed by atoms with Gasteiger partial charge in [-0.05, 0) is 18.8 Å². The van der Waals surface area contributed by atoms with E-state index < -0.39 is 10.5 Å². The normalized spacial score (nSPS) is 11.9. The number of nitrogens with zero attached hydrogens (tertiary/aromatic N) is 3. The first-order valence-corrected chi connectivity index (χ1v) is 5.82. The molecule has 92 valence electrons. The Morgan fingerprint density at radius 2 is 2.41 bits per heavy atom. The molecule has 7 nitrogen and oxygen atoms in total. The van der Waals surface area contributed by atoms with E-state index in [-0.39, 0.29) is 18.2 Å². The summed E-state index contributed by atoms with van der Waals surface area (Å²) < 4.78 is 1.41. The lowest BCUT2D eigenvalue weighted by atomic mass is 10.1. The van der Waals surface area contributed by atoms with Gasteiger partial charge < -0.3 is 20.5 Å². The van der Waals surface area contributed by atoms with Crippen molar-refractivity contribution in [2.45, 2.75) is 19.4 Å². The number of fused-ring (bicyclic) bond motifs is 1. The van der Waals surface area contributed by atoms with Crippen LogP contribution in [0.25, 0.3) is 4.96 Å². The summed E-state index contributed by atoms with van der Waals surface area (Å²) in [5, 5.41) is 25.1. The number of nitro groups is 1. The summed E-state index contributed by atoms with van der Waals surface area (Å²) in [6.45, 7) is 3.42. The highest BCUT2D eigenvalue weighted by Crippen LogP contribution is 2.28. The van der Waals surface area contributed by atoms with Crippen molar-refractivity contribution in [1.82, 2.24) is 9.38 Å². The third kappa shape index (κ3) is 2.37. The van der Waals surface area contributed by atoms with Crippen LogP contribution < -0.4 is 5.32 Å². The molecule has 2 aromatic rings. The minimum atomic E-state index is -0.953. The second-order valence-electron chi connectivity index (χ2n) is 4.26. The van der Waals surface area contributed by atoms with Gasteiger partial charge in [0.05, 0.1) is 5.60 Å². The van der Waals surface area contributed by atoms with Crippen LogP contribution in [0.15, 0.2) is 11.6 Å². The van der Waals surface area contributed by atoms with Crippen LogP contribution >= 0.6 is 11.3 Å². The zero-order valence-electron chi connectivity index (χ0n) is 9.38. The van der Waals surface area contributed by atoms with Gasteiger partial charge in [-0.15, -0.1) is 0 Å². The number of aliphatic hydroxyl groups is 1. The van der Waals surface area contributed by atoms with Gasteiger partial charge in [0.1, 0.15) is 6.20 Å². The molecule has 0 bridgehead atoms. The van der Waals surface area contributed by atoms with E-state index in [1.165, 1.54) is 15.7 Å². The monoisotopic (exact) mass is 256 g/mol. The van der Waals surface area contributed by atoms with Crippen molar-refractivity contribution in [1.29, 1.82) is 0 Å². The molecule has 0 radical (unpaired) electrons. The summed E-state index contributed by atoms with van der Waals surface area (Å²) in [5.41, 5.74) is -0.953. The SMILES string of the molecule is CC(C)(O)CNc1nc2sccn2c1[N+](=O)[O-]. The number of hydrogen-bond donors (Lipinski definition) is 2. The molecule has 2 N–H and O–H groups in total. The van der Waals surface area contributed by atoms with E-state index in [2.05, 4.69) is 10.3 Å². The summed E-state index contributed by atoms with van der Waals surface area (Å²) in [7, 11) is 0. The topological polar surface area (TPSA) is 92.7 Å². The Kier molecular flexibility index (Phi) is 2.76. The molecule has 0 amide bonds. The van der Waals surface area contributed by atoms with Gasteiger partial charge in [0.15, 0.2) is 0 Å². The average Bonchev–Trinajstić information content (AvgIpc) is 2.70. The Labute approximate surface area is 101 Å². The molecule has 0 unspecified atom stereocenters. The highest BCUT2D eigenvalue weighted by molar-refractivity contribution is 7.15. The number of imidazole rings is 1. The number of anilines is 1. The van der Waals surface area contributed by atoms with Gasteiger partial charge in [-0.3, -0.25) is 0 Å². The summed E-state index contributed by atoms with van der Waals surface area (Å²) in [4.78, 5) is 15.1. The Morgan fingerprint density at radius 3 is 3.00 bits per heavy atom. The van der Waals surface area contributed by atoms with Crippen molar-refractivity contribution in [3.05, 3.63) is 21.7 Å². The summed E-state index contributed by atoms with van der Waals surface area (Å²) in [5.74, 6) is 0.0782. The van der Waals surface area contributed by atoms with E-state index in [0.717, 1.165) is 0 Å². The molecular weight excluding hydrogens is 244 g/mol. The summed E-state index contributed by atoms with van der Waals surface area (Å²) >= 11 is 1.32.